The lowest BCUT2D eigenvalue weighted by Gasteiger charge is -2.24. The molecule has 0 saturated heterocycles. The van der Waals surface area contributed by atoms with Crippen LogP contribution in [0, 0.1) is 6.92 Å². The number of nitrogens with one attached hydrogen (secondary N) is 1. The van der Waals surface area contributed by atoms with E-state index in [1.165, 1.54) is 30.1 Å². The fraction of sp³-hybridized carbons (Fsp3) is 0.440. The van der Waals surface area contributed by atoms with Crippen LogP contribution < -0.4 is 11.2 Å². The molecule has 1 aromatic carbocycles. The Balaban J connectivity index is 2.02. The third kappa shape index (κ3) is 6.53. The summed E-state index contributed by atoms with van der Waals surface area (Å²) in [7, 11) is 1.68. The lowest BCUT2D eigenvalue weighted by atomic mass is 10.0. The minimum atomic E-state index is -1.43. The van der Waals surface area contributed by atoms with Crippen molar-refractivity contribution in [3.05, 3.63) is 40.3 Å². The van der Waals surface area contributed by atoms with Gasteiger partial charge in [0.2, 0.25) is 0 Å². The maximum Gasteiger partial charge on any atom is 0.254 e. The summed E-state index contributed by atoms with van der Waals surface area (Å²) in [5, 5.41) is 17.2. The highest BCUT2D eigenvalue weighted by Crippen LogP contribution is 2.34. The highest BCUT2D eigenvalue weighted by Gasteiger charge is 2.27. The van der Waals surface area contributed by atoms with Gasteiger partial charge in [0.05, 0.1) is 29.6 Å². The van der Waals surface area contributed by atoms with Crippen molar-refractivity contribution in [3.8, 4) is 11.4 Å². The average Bonchev–Trinajstić information content (AvgIpc) is 3.21. The van der Waals surface area contributed by atoms with Gasteiger partial charge < -0.3 is 25.9 Å². The summed E-state index contributed by atoms with van der Waals surface area (Å²) in [4.78, 5) is 24.6. The first-order valence-corrected chi connectivity index (χ1v) is 12.4. The first kappa shape index (κ1) is 26.5. The van der Waals surface area contributed by atoms with E-state index >= 15 is 0 Å². The van der Waals surface area contributed by atoms with Gasteiger partial charge in [-0.3, -0.25) is 4.79 Å². The van der Waals surface area contributed by atoms with Crippen molar-refractivity contribution in [2.45, 2.75) is 46.3 Å². The van der Waals surface area contributed by atoms with Crippen molar-refractivity contribution in [2.24, 2.45) is 10.9 Å². The molecule has 2 aromatic heterocycles. The van der Waals surface area contributed by atoms with Crippen LogP contribution in [0.2, 0.25) is 0 Å². The monoisotopic (exact) mass is 498 g/mol. The Morgan fingerprint density at radius 3 is 2.80 bits per heavy atom. The maximum atomic E-state index is 12.5. The number of thiophene rings is 1. The van der Waals surface area contributed by atoms with Gasteiger partial charge in [0.1, 0.15) is 11.4 Å². The van der Waals surface area contributed by atoms with Crippen LogP contribution in [-0.2, 0) is 16.1 Å². The van der Waals surface area contributed by atoms with E-state index in [2.05, 4.69) is 17.3 Å². The minimum Gasteiger partial charge on any atom is -0.381 e. The number of aryl methyl sites for hydroxylation is 1. The molecule has 3 aromatic rings. The van der Waals surface area contributed by atoms with Gasteiger partial charge in [0, 0.05) is 36.2 Å². The Morgan fingerprint density at radius 2 is 2.11 bits per heavy atom. The van der Waals surface area contributed by atoms with E-state index < -0.39 is 5.60 Å². The zero-order chi connectivity index (χ0) is 25.6. The highest BCUT2D eigenvalue weighted by atomic mass is 32.1. The number of hydrazone groups is 1. The van der Waals surface area contributed by atoms with Gasteiger partial charge >= 0.3 is 0 Å². The van der Waals surface area contributed by atoms with Gasteiger partial charge in [-0.15, -0.1) is 11.3 Å². The average molecular weight is 499 g/mol. The van der Waals surface area contributed by atoms with Crippen molar-refractivity contribution in [1.29, 1.82) is 0 Å². The SMILES string of the molecule is CCCOCCNc1nc(-c2cccc(C)c2/C=N\N)nc2cc(CN(C)C(=O)C(C)(C)O)sc12. The number of carbonyl (C=O) groups excluding carboxylic acids is 1. The predicted octanol–water partition coefficient (Wildman–Crippen LogP) is 3.53. The summed E-state index contributed by atoms with van der Waals surface area (Å²) in [6, 6.07) is 7.85. The number of likely N-dealkylation sites (N-methyl/N-ethyl adjacent to an activating group) is 1. The second-order valence-corrected chi connectivity index (χ2v) is 10.0. The summed E-state index contributed by atoms with van der Waals surface area (Å²) in [5.74, 6) is 6.37. The van der Waals surface area contributed by atoms with Crippen molar-refractivity contribution >= 4 is 39.5 Å². The quantitative estimate of drug-likeness (QED) is 0.160. The molecule has 9 nitrogen and oxygen atoms in total. The van der Waals surface area contributed by atoms with Gasteiger partial charge in [-0.2, -0.15) is 5.10 Å². The van der Waals surface area contributed by atoms with E-state index in [9.17, 15) is 9.90 Å². The summed E-state index contributed by atoms with van der Waals surface area (Å²) in [5.41, 5.74) is 2.04. The zero-order valence-electron chi connectivity index (χ0n) is 21.0. The summed E-state index contributed by atoms with van der Waals surface area (Å²) in [6.45, 7) is 9.26. The Labute approximate surface area is 210 Å². The van der Waals surface area contributed by atoms with Crippen molar-refractivity contribution < 1.29 is 14.6 Å². The summed E-state index contributed by atoms with van der Waals surface area (Å²) >= 11 is 1.52. The van der Waals surface area contributed by atoms with Crippen LogP contribution in [0.25, 0.3) is 21.6 Å². The molecule has 10 heteroatoms. The fourth-order valence-electron chi connectivity index (χ4n) is 3.68. The number of nitrogens with zero attached hydrogens (tertiary/aromatic N) is 4. The molecule has 0 saturated carbocycles. The number of benzene rings is 1. The third-order valence-corrected chi connectivity index (χ3v) is 6.46. The Bertz CT molecular complexity index is 1200. The number of amides is 1. The zero-order valence-corrected chi connectivity index (χ0v) is 21.8. The topological polar surface area (TPSA) is 126 Å². The molecular weight excluding hydrogens is 464 g/mol. The number of anilines is 1. The van der Waals surface area contributed by atoms with Crippen LogP contribution in [0.5, 0.6) is 0 Å². The fourth-order valence-corrected chi connectivity index (χ4v) is 4.79. The number of ether oxygens (including phenoxy) is 1. The number of aromatic nitrogens is 2. The number of hydrogen-bond acceptors (Lipinski definition) is 9. The van der Waals surface area contributed by atoms with Crippen LogP contribution in [0.3, 0.4) is 0 Å². The van der Waals surface area contributed by atoms with Gasteiger partial charge in [0.15, 0.2) is 5.82 Å². The molecule has 0 bridgehead atoms. The highest BCUT2D eigenvalue weighted by molar-refractivity contribution is 7.19. The largest absolute Gasteiger partial charge is 0.381 e. The van der Waals surface area contributed by atoms with E-state index in [0.717, 1.165) is 38.2 Å². The van der Waals surface area contributed by atoms with Crippen molar-refractivity contribution in [1.82, 2.24) is 14.9 Å². The molecule has 0 fully saturated rings. The molecule has 35 heavy (non-hydrogen) atoms. The molecule has 4 N–H and O–H groups in total. The van der Waals surface area contributed by atoms with Crippen molar-refractivity contribution in [3.63, 3.8) is 0 Å². The van der Waals surface area contributed by atoms with Gasteiger partial charge in [-0.25, -0.2) is 9.97 Å². The Morgan fingerprint density at radius 1 is 1.34 bits per heavy atom. The molecular formula is C25H34N6O3S. The molecule has 2 heterocycles. The number of fused-ring (bicyclic) bond motifs is 1. The summed E-state index contributed by atoms with van der Waals surface area (Å²) < 4.78 is 6.51. The van der Waals surface area contributed by atoms with Crippen LogP contribution in [-0.4, -0.2) is 64.5 Å². The lowest BCUT2D eigenvalue weighted by Crippen LogP contribution is -2.42. The minimum absolute atomic E-state index is 0.348. The van der Waals surface area contributed by atoms with Gasteiger partial charge in [-0.1, -0.05) is 25.1 Å². The molecule has 0 spiro atoms. The molecule has 0 unspecified atom stereocenters. The number of nitrogens with two attached hydrogens (primary N) is 1. The summed E-state index contributed by atoms with van der Waals surface area (Å²) in [6.07, 6.45) is 2.58. The van der Waals surface area contributed by atoms with Crippen molar-refractivity contribution in [2.75, 3.05) is 32.1 Å². The predicted molar refractivity (Wildman–Crippen MR) is 142 cm³/mol. The van der Waals surface area contributed by atoms with Gasteiger partial charge in [-0.05, 0) is 38.8 Å². The van der Waals surface area contributed by atoms with E-state index in [1.54, 1.807) is 13.3 Å². The first-order valence-electron chi connectivity index (χ1n) is 11.6. The first-order chi connectivity index (χ1) is 16.7. The number of aliphatic hydroxyl groups is 1. The van der Waals surface area contributed by atoms with Crippen LogP contribution in [0.15, 0.2) is 29.4 Å². The molecule has 0 aliphatic rings. The van der Waals surface area contributed by atoms with E-state index in [-0.39, 0.29) is 5.91 Å². The number of rotatable bonds is 11. The maximum absolute atomic E-state index is 12.5. The third-order valence-electron chi connectivity index (χ3n) is 5.34. The molecule has 0 radical (unpaired) electrons. The Hall–Kier alpha value is -3.08. The normalized spacial score (nSPS) is 11.9. The van der Waals surface area contributed by atoms with E-state index in [4.69, 9.17) is 20.5 Å². The lowest BCUT2D eigenvalue weighted by molar-refractivity contribution is -0.146. The van der Waals surface area contributed by atoms with Crippen LogP contribution >= 0.6 is 11.3 Å². The van der Waals surface area contributed by atoms with E-state index in [0.29, 0.717) is 37.9 Å². The molecule has 0 aliphatic heterocycles. The van der Waals surface area contributed by atoms with E-state index in [1.807, 2.05) is 31.2 Å². The molecule has 188 valence electrons. The second-order valence-electron chi connectivity index (χ2n) is 8.90. The molecule has 3 rings (SSSR count). The molecule has 1 amide bonds. The number of hydrogen-bond donors (Lipinski definition) is 3. The molecule has 0 atom stereocenters. The molecule has 0 aliphatic carbocycles. The second kappa shape index (κ2) is 11.6. The smallest absolute Gasteiger partial charge is 0.254 e. The number of carbonyl (C=O) groups is 1. The van der Waals surface area contributed by atoms with Gasteiger partial charge in [0.25, 0.3) is 5.91 Å². The van der Waals surface area contributed by atoms with Crippen LogP contribution in [0.4, 0.5) is 5.82 Å². The standard InChI is InChI=1S/C25H34N6O3S/c1-6-11-34-12-10-27-23-21-20(13-17(35-21)15-31(5)24(32)25(3,4)33)29-22(30-23)18-9-7-8-16(2)19(18)14-28-26/h7-9,13-14,33H,6,10-12,15,26H2,1-5H3,(H,27,29,30)/b28-14-. The Kier molecular flexibility index (Phi) is 8.76. The van der Waals surface area contributed by atoms with Crippen LogP contribution in [0.1, 0.15) is 43.2 Å².